The lowest BCUT2D eigenvalue weighted by Gasteiger charge is -2.42. The van der Waals surface area contributed by atoms with Crippen LogP contribution in [-0.2, 0) is 16.1 Å². The zero-order chi connectivity index (χ0) is 21.0. The number of amides is 4. The first kappa shape index (κ1) is 21.1. The first-order chi connectivity index (χ1) is 13.8. The maximum absolute atomic E-state index is 13.0. The van der Waals surface area contributed by atoms with Crippen LogP contribution in [0.4, 0.5) is 9.18 Å². The van der Waals surface area contributed by atoms with E-state index in [-0.39, 0.29) is 17.9 Å². The maximum atomic E-state index is 13.0. The van der Waals surface area contributed by atoms with Crippen molar-refractivity contribution in [3.63, 3.8) is 0 Å². The predicted octanol–water partition coefficient (Wildman–Crippen LogP) is 1.83. The minimum absolute atomic E-state index is 0.0198. The van der Waals surface area contributed by atoms with Crippen molar-refractivity contribution in [3.05, 3.63) is 35.6 Å². The number of piperazine rings is 1. The van der Waals surface area contributed by atoms with Gasteiger partial charge in [0.25, 0.3) is 0 Å². The zero-order valence-electron chi connectivity index (χ0n) is 17.1. The highest BCUT2D eigenvalue weighted by molar-refractivity contribution is 6.35. The summed E-state index contributed by atoms with van der Waals surface area (Å²) >= 11 is 0. The molecule has 0 saturated carbocycles. The molecule has 0 radical (unpaired) electrons. The largest absolute Gasteiger partial charge is 0.338 e. The number of nitrogens with zero attached hydrogens (tertiary/aromatic N) is 3. The molecular weight excluding hydrogens is 375 g/mol. The van der Waals surface area contributed by atoms with Crippen molar-refractivity contribution in [1.82, 2.24) is 20.0 Å². The van der Waals surface area contributed by atoms with Gasteiger partial charge >= 0.3 is 17.8 Å². The number of rotatable bonds is 5. The Balaban J connectivity index is 1.51. The van der Waals surface area contributed by atoms with Gasteiger partial charge in [0.05, 0.1) is 0 Å². The lowest BCUT2D eigenvalue weighted by Crippen LogP contribution is -2.59. The molecule has 1 N–H and O–H groups in total. The molecule has 2 fully saturated rings. The van der Waals surface area contributed by atoms with E-state index < -0.39 is 11.8 Å². The molecule has 0 atom stereocenters. The third-order valence-electron chi connectivity index (χ3n) is 5.48. The molecular formula is C21H29FN4O3. The van der Waals surface area contributed by atoms with Crippen molar-refractivity contribution in [1.29, 1.82) is 0 Å². The van der Waals surface area contributed by atoms with Crippen LogP contribution < -0.4 is 5.32 Å². The summed E-state index contributed by atoms with van der Waals surface area (Å²) in [6.45, 7) is 7.12. The molecule has 2 aliphatic rings. The first-order valence-corrected chi connectivity index (χ1v) is 10.2. The minimum Gasteiger partial charge on any atom is -0.338 e. The minimum atomic E-state index is -0.516. The van der Waals surface area contributed by atoms with Crippen LogP contribution in [0.2, 0.25) is 0 Å². The average Bonchev–Trinajstić information content (AvgIpc) is 2.71. The Morgan fingerprint density at radius 3 is 2.34 bits per heavy atom. The van der Waals surface area contributed by atoms with Gasteiger partial charge in [-0.15, -0.1) is 0 Å². The molecule has 3 rings (SSSR count). The van der Waals surface area contributed by atoms with Gasteiger partial charge in [0.15, 0.2) is 0 Å². The normalized spacial score (nSPS) is 18.6. The van der Waals surface area contributed by atoms with Gasteiger partial charge in [-0.25, -0.2) is 9.18 Å². The number of hydrogen-bond acceptors (Lipinski definition) is 3. The van der Waals surface area contributed by atoms with Crippen LogP contribution in [0.15, 0.2) is 24.3 Å². The second-order valence-corrected chi connectivity index (χ2v) is 8.15. The Kier molecular flexibility index (Phi) is 6.71. The molecule has 29 heavy (non-hydrogen) atoms. The Labute approximate surface area is 170 Å². The van der Waals surface area contributed by atoms with Crippen molar-refractivity contribution in [3.8, 4) is 0 Å². The van der Waals surface area contributed by atoms with E-state index in [1.807, 2.05) is 13.8 Å². The molecule has 0 spiro atoms. The third-order valence-corrected chi connectivity index (χ3v) is 5.48. The zero-order valence-corrected chi connectivity index (χ0v) is 17.1. The molecule has 2 heterocycles. The van der Waals surface area contributed by atoms with E-state index in [4.69, 9.17) is 0 Å². The summed E-state index contributed by atoms with van der Waals surface area (Å²) in [4.78, 5) is 42.3. The molecule has 2 saturated heterocycles. The lowest BCUT2D eigenvalue weighted by atomic mass is 10.0. The quantitative estimate of drug-likeness (QED) is 0.761. The molecule has 0 unspecified atom stereocenters. The summed E-state index contributed by atoms with van der Waals surface area (Å²) in [6.07, 6.45) is 1.35. The number of piperidine rings is 1. The Bertz CT molecular complexity index is 745. The molecule has 4 amide bonds. The summed E-state index contributed by atoms with van der Waals surface area (Å²) < 4.78 is 13.0. The molecule has 7 nitrogen and oxygen atoms in total. The summed E-state index contributed by atoms with van der Waals surface area (Å²) in [5.74, 6) is -0.935. The summed E-state index contributed by atoms with van der Waals surface area (Å²) in [7, 11) is 0. The topological polar surface area (TPSA) is 73.0 Å². The summed E-state index contributed by atoms with van der Waals surface area (Å²) in [6, 6.07) is 5.86. The monoisotopic (exact) mass is 404 g/mol. The molecule has 0 aliphatic carbocycles. The van der Waals surface area contributed by atoms with E-state index in [0.717, 1.165) is 5.56 Å². The second-order valence-electron chi connectivity index (χ2n) is 8.15. The lowest BCUT2D eigenvalue weighted by molar-refractivity contribution is -0.158. The van der Waals surface area contributed by atoms with Gasteiger partial charge in [0, 0.05) is 45.3 Å². The third kappa shape index (κ3) is 5.25. The van der Waals surface area contributed by atoms with Crippen LogP contribution in [0.25, 0.3) is 0 Å². The van der Waals surface area contributed by atoms with Gasteiger partial charge in [-0.3, -0.25) is 9.59 Å². The molecule has 1 aromatic carbocycles. The Hall–Kier alpha value is -2.64. The van der Waals surface area contributed by atoms with Crippen molar-refractivity contribution in [2.75, 3.05) is 32.7 Å². The predicted molar refractivity (Wildman–Crippen MR) is 106 cm³/mol. The van der Waals surface area contributed by atoms with Crippen molar-refractivity contribution < 1.29 is 18.8 Å². The Morgan fingerprint density at radius 2 is 1.72 bits per heavy atom. The number of nitrogens with one attached hydrogen (secondary N) is 1. The number of halogens is 1. The molecule has 8 heteroatoms. The van der Waals surface area contributed by atoms with E-state index >= 15 is 0 Å². The van der Waals surface area contributed by atoms with Crippen molar-refractivity contribution in [2.24, 2.45) is 5.92 Å². The number of benzene rings is 1. The molecule has 0 bridgehead atoms. The van der Waals surface area contributed by atoms with Gasteiger partial charge in [-0.1, -0.05) is 26.0 Å². The van der Waals surface area contributed by atoms with Crippen LogP contribution >= 0.6 is 0 Å². The maximum Gasteiger partial charge on any atom is 0.317 e. The standard InChI is InChI=1S/C21H29FN4O3/c1-15(2)13-23-21(29)24-9-7-18(8-10-24)26-12-11-25(19(27)20(26)28)14-16-3-5-17(22)6-4-16/h3-6,15,18H,7-14H2,1-2H3,(H,23,29). The van der Waals surface area contributed by atoms with Gasteiger partial charge in [-0.2, -0.15) is 0 Å². The van der Waals surface area contributed by atoms with E-state index in [1.165, 1.54) is 17.0 Å². The molecule has 2 aliphatic heterocycles. The van der Waals surface area contributed by atoms with Gasteiger partial charge in [0.1, 0.15) is 5.82 Å². The van der Waals surface area contributed by atoms with Crippen molar-refractivity contribution in [2.45, 2.75) is 39.3 Å². The fourth-order valence-corrected chi connectivity index (χ4v) is 3.78. The van der Waals surface area contributed by atoms with Crippen molar-refractivity contribution >= 4 is 17.8 Å². The first-order valence-electron chi connectivity index (χ1n) is 10.2. The van der Waals surface area contributed by atoms with Crippen LogP contribution in [0.3, 0.4) is 0 Å². The van der Waals surface area contributed by atoms with Crippen LogP contribution in [0.5, 0.6) is 0 Å². The second kappa shape index (κ2) is 9.24. The van der Waals surface area contributed by atoms with Gasteiger partial charge in [0.2, 0.25) is 0 Å². The van der Waals surface area contributed by atoms with Crippen LogP contribution in [-0.4, -0.2) is 71.3 Å². The number of carbonyl (C=O) groups excluding carboxylic acids is 3. The highest BCUT2D eigenvalue weighted by Crippen LogP contribution is 2.20. The van der Waals surface area contributed by atoms with E-state index in [9.17, 15) is 18.8 Å². The van der Waals surface area contributed by atoms with Gasteiger partial charge in [-0.05, 0) is 36.5 Å². The average molecular weight is 404 g/mol. The van der Waals surface area contributed by atoms with Crippen LogP contribution in [0.1, 0.15) is 32.3 Å². The SMILES string of the molecule is CC(C)CNC(=O)N1CCC(N2CCN(Cc3ccc(F)cc3)C(=O)C2=O)CC1. The number of likely N-dealkylation sites (tertiary alicyclic amines) is 1. The fraction of sp³-hybridized carbons (Fsp3) is 0.571. The van der Waals surface area contributed by atoms with E-state index in [2.05, 4.69) is 5.32 Å². The fourth-order valence-electron chi connectivity index (χ4n) is 3.78. The Morgan fingerprint density at radius 1 is 1.07 bits per heavy atom. The number of hydrogen-bond donors (Lipinski definition) is 1. The van der Waals surface area contributed by atoms with E-state index in [0.29, 0.717) is 58.0 Å². The summed E-state index contributed by atoms with van der Waals surface area (Å²) in [5, 5.41) is 2.92. The molecule has 1 aromatic rings. The highest BCUT2D eigenvalue weighted by Gasteiger charge is 2.37. The number of carbonyl (C=O) groups is 3. The molecule has 158 valence electrons. The highest BCUT2D eigenvalue weighted by atomic mass is 19.1. The summed E-state index contributed by atoms with van der Waals surface area (Å²) in [5.41, 5.74) is 0.793. The smallest absolute Gasteiger partial charge is 0.317 e. The van der Waals surface area contributed by atoms with Crippen LogP contribution in [0, 0.1) is 11.7 Å². The van der Waals surface area contributed by atoms with E-state index in [1.54, 1.807) is 21.9 Å². The molecule has 0 aromatic heterocycles. The number of urea groups is 1. The van der Waals surface area contributed by atoms with Gasteiger partial charge < -0.3 is 20.0 Å².